The predicted octanol–water partition coefficient (Wildman–Crippen LogP) is 1.46. The van der Waals surface area contributed by atoms with Crippen LogP contribution in [-0.2, 0) is 11.8 Å². The van der Waals surface area contributed by atoms with E-state index in [4.69, 9.17) is 5.73 Å². The quantitative estimate of drug-likeness (QED) is 0.861. The van der Waals surface area contributed by atoms with E-state index >= 15 is 0 Å². The molecule has 1 heterocycles. The number of aryl methyl sites for hydroxylation is 1. The Morgan fingerprint density at radius 2 is 2.18 bits per heavy atom. The van der Waals surface area contributed by atoms with Crippen LogP contribution in [0, 0.1) is 12.8 Å². The molecule has 1 atom stereocenters. The fourth-order valence-corrected chi connectivity index (χ4v) is 1.46. The van der Waals surface area contributed by atoms with Crippen molar-refractivity contribution in [2.45, 2.75) is 33.2 Å². The van der Waals surface area contributed by atoms with Gasteiger partial charge >= 0.3 is 0 Å². The highest BCUT2D eigenvalue weighted by molar-refractivity contribution is 5.94. The van der Waals surface area contributed by atoms with Gasteiger partial charge in [0, 0.05) is 7.05 Å². The summed E-state index contributed by atoms with van der Waals surface area (Å²) in [4.78, 5) is 11.7. The minimum absolute atomic E-state index is 0. The molecular formula is C11H21ClN4O. The van der Waals surface area contributed by atoms with Gasteiger partial charge in [-0.05, 0) is 19.3 Å². The first-order chi connectivity index (χ1) is 7.41. The zero-order valence-electron chi connectivity index (χ0n) is 10.7. The summed E-state index contributed by atoms with van der Waals surface area (Å²) in [6, 6.07) is -0.459. The molecule has 98 valence electrons. The van der Waals surface area contributed by atoms with Gasteiger partial charge in [0.15, 0.2) is 0 Å². The number of nitrogens with one attached hydrogen (secondary N) is 1. The van der Waals surface area contributed by atoms with Crippen molar-refractivity contribution in [3.8, 4) is 0 Å². The average molecular weight is 261 g/mol. The van der Waals surface area contributed by atoms with Gasteiger partial charge in [0.2, 0.25) is 5.91 Å². The van der Waals surface area contributed by atoms with E-state index in [0.29, 0.717) is 12.3 Å². The zero-order valence-corrected chi connectivity index (χ0v) is 11.5. The largest absolute Gasteiger partial charge is 0.322 e. The normalized spacial score (nSPS) is 12.1. The van der Waals surface area contributed by atoms with E-state index in [1.54, 1.807) is 10.9 Å². The molecule has 0 spiro atoms. The molecule has 1 amide bonds. The van der Waals surface area contributed by atoms with E-state index in [1.807, 2.05) is 27.8 Å². The summed E-state index contributed by atoms with van der Waals surface area (Å²) in [5, 5.41) is 6.84. The fourth-order valence-electron chi connectivity index (χ4n) is 1.46. The van der Waals surface area contributed by atoms with E-state index in [9.17, 15) is 4.79 Å². The first-order valence-corrected chi connectivity index (χ1v) is 5.47. The number of carbonyl (C=O) groups excluding carboxylic acids is 1. The molecule has 1 aromatic rings. The molecule has 5 nitrogen and oxygen atoms in total. The molecule has 0 bridgehead atoms. The Hall–Kier alpha value is -1.07. The first-order valence-electron chi connectivity index (χ1n) is 5.47. The Labute approximate surface area is 108 Å². The molecule has 0 aromatic carbocycles. The van der Waals surface area contributed by atoms with Gasteiger partial charge in [0.05, 0.1) is 23.6 Å². The standard InChI is InChI=1S/C11H20N4O.ClH/c1-7(2)5-9(12)11(16)14-10-6-13-15(4)8(10)3;/h6-7,9H,5,12H2,1-4H3,(H,14,16);1H/t9-;/m0./s1. The van der Waals surface area contributed by atoms with Crippen molar-refractivity contribution >= 4 is 24.0 Å². The molecule has 0 radical (unpaired) electrons. The maximum Gasteiger partial charge on any atom is 0.241 e. The fraction of sp³-hybridized carbons (Fsp3) is 0.636. The van der Waals surface area contributed by atoms with Crippen LogP contribution in [0.3, 0.4) is 0 Å². The second-order valence-electron chi connectivity index (χ2n) is 4.49. The Bertz CT molecular complexity index is 376. The molecule has 0 aliphatic carbocycles. The number of carbonyl (C=O) groups is 1. The van der Waals surface area contributed by atoms with Crippen molar-refractivity contribution in [3.05, 3.63) is 11.9 Å². The van der Waals surface area contributed by atoms with Crippen LogP contribution in [0.2, 0.25) is 0 Å². The molecule has 1 aromatic heterocycles. The van der Waals surface area contributed by atoms with Crippen molar-refractivity contribution in [3.63, 3.8) is 0 Å². The molecule has 0 aliphatic rings. The van der Waals surface area contributed by atoms with Crippen LogP contribution in [0.1, 0.15) is 26.0 Å². The number of nitrogens with zero attached hydrogens (tertiary/aromatic N) is 2. The molecular weight excluding hydrogens is 240 g/mol. The molecule has 1 rings (SSSR count). The van der Waals surface area contributed by atoms with Gasteiger partial charge in [0.1, 0.15) is 0 Å². The molecule has 0 fully saturated rings. The number of amides is 1. The second-order valence-corrected chi connectivity index (χ2v) is 4.49. The summed E-state index contributed by atoms with van der Waals surface area (Å²) < 4.78 is 1.71. The average Bonchev–Trinajstić information content (AvgIpc) is 2.48. The predicted molar refractivity (Wildman–Crippen MR) is 71.3 cm³/mol. The highest BCUT2D eigenvalue weighted by atomic mass is 35.5. The maximum absolute atomic E-state index is 11.7. The third kappa shape index (κ3) is 4.36. The molecule has 0 saturated carbocycles. The number of halogens is 1. The number of hydrogen-bond donors (Lipinski definition) is 2. The molecule has 0 saturated heterocycles. The Balaban J connectivity index is 0.00000256. The molecule has 6 heteroatoms. The van der Waals surface area contributed by atoms with E-state index < -0.39 is 6.04 Å². The number of aromatic nitrogens is 2. The summed E-state index contributed by atoms with van der Waals surface area (Å²) in [5.74, 6) is 0.264. The highest BCUT2D eigenvalue weighted by Crippen LogP contribution is 2.13. The third-order valence-electron chi connectivity index (χ3n) is 2.56. The lowest BCUT2D eigenvalue weighted by molar-refractivity contribution is -0.117. The van der Waals surface area contributed by atoms with E-state index in [0.717, 1.165) is 11.4 Å². The Morgan fingerprint density at radius 1 is 1.59 bits per heavy atom. The summed E-state index contributed by atoms with van der Waals surface area (Å²) in [6.45, 7) is 5.99. The zero-order chi connectivity index (χ0) is 12.3. The molecule has 3 N–H and O–H groups in total. The number of rotatable bonds is 4. The van der Waals surface area contributed by atoms with Gasteiger partial charge in [-0.25, -0.2) is 0 Å². The highest BCUT2D eigenvalue weighted by Gasteiger charge is 2.16. The number of nitrogens with two attached hydrogens (primary N) is 1. The van der Waals surface area contributed by atoms with Gasteiger partial charge < -0.3 is 11.1 Å². The lowest BCUT2D eigenvalue weighted by atomic mass is 10.0. The smallest absolute Gasteiger partial charge is 0.241 e. The monoisotopic (exact) mass is 260 g/mol. The van der Waals surface area contributed by atoms with Gasteiger partial charge in [-0.2, -0.15) is 5.10 Å². The van der Waals surface area contributed by atoms with Crippen molar-refractivity contribution in [1.29, 1.82) is 0 Å². The van der Waals surface area contributed by atoms with E-state index in [1.165, 1.54) is 0 Å². The van der Waals surface area contributed by atoms with Crippen LogP contribution in [-0.4, -0.2) is 21.7 Å². The Morgan fingerprint density at radius 3 is 2.59 bits per heavy atom. The summed E-state index contributed by atoms with van der Waals surface area (Å²) in [6.07, 6.45) is 2.32. The SMILES string of the molecule is Cc1c(NC(=O)[C@@H](N)CC(C)C)cnn1C.Cl. The second kappa shape index (κ2) is 6.61. The van der Waals surface area contributed by atoms with Crippen LogP contribution >= 0.6 is 12.4 Å². The van der Waals surface area contributed by atoms with Crippen LogP contribution in [0.25, 0.3) is 0 Å². The van der Waals surface area contributed by atoms with Gasteiger partial charge in [-0.1, -0.05) is 13.8 Å². The molecule has 17 heavy (non-hydrogen) atoms. The molecule has 0 unspecified atom stereocenters. The lowest BCUT2D eigenvalue weighted by Crippen LogP contribution is -2.36. The van der Waals surface area contributed by atoms with Gasteiger partial charge in [-0.15, -0.1) is 12.4 Å². The summed E-state index contributed by atoms with van der Waals surface area (Å²) in [7, 11) is 1.83. The first kappa shape index (κ1) is 15.9. The third-order valence-corrected chi connectivity index (χ3v) is 2.56. The van der Waals surface area contributed by atoms with E-state index in [2.05, 4.69) is 10.4 Å². The van der Waals surface area contributed by atoms with Crippen molar-refractivity contribution in [2.75, 3.05) is 5.32 Å². The van der Waals surface area contributed by atoms with Gasteiger partial charge in [0.25, 0.3) is 0 Å². The van der Waals surface area contributed by atoms with Crippen LogP contribution in [0.5, 0.6) is 0 Å². The van der Waals surface area contributed by atoms with Crippen LogP contribution in [0.4, 0.5) is 5.69 Å². The van der Waals surface area contributed by atoms with Crippen molar-refractivity contribution in [2.24, 2.45) is 18.7 Å². The lowest BCUT2D eigenvalue weighted by Gasteiger charge is -2.13. The maximum atomic E-state index is 11.7. The van der Waals surface area contributed by atoms with Crippen LogP contribution in [0.15, 0.2) is 6.20 Å². The topological polar surface area (TPSA) is 72.9 Å². The van der Waals surface area contributed by atoms with Crippen molar-refractivity contribution < 1.29 is 4.79 Å². The van der Waals surface area contributed by atoms with Crippen LogP contribution < -0.4 is 11.1 Å². The summed E-state index contributed by atoms with van der Waals surface area (Å²) >= 11 is 0. The summed E-state index contributed by atoms with van der Waals surface area (Å²) in [5.41, 5.74) is 7.43. The number of hydrogen-bond acceptors (Lipinski definition) is 3. The Kier molecular flexibility index (Phi) is 6.20. The minimum atomic E-state index is -0.459. The van der Waals surface area contributed by atoms with Crippen molar-refractivity contribution in [1.82, 2.24) is 9.78 Å². The number of anilines is 1. The minimum Gasteiger partial charge on any atom is -0.322 e. The van der Waals surface area contributed by atoms with E-state index in [-0.39, 0.29) is 18.3 Å². The molecule has 0 aliphatic heterocycles. The van der Waals surface area contributed by atoms with Gasteiger partial charge in [-0.3, -0.25) is 9.48 Å².